The van der Waals surface area contributed by atoms with Crippen molar-refractivity contribution in [3.05, 3.63) is 24.2 Å². The highest BCUT2D eigenvalue weighted by molar-refractivity contribution is 5.17. The maximum absolute atomic E-state index is 11.2. The highest BCUT2D eigenvalue weighted by Gasteiger charge is 2.67. The number of furan rings is 1. The van der Waals surface area contributed by atoms with Crippen LogP contribution in [0, 0.1) is 22.7 Å². The molecule has 0 amide bonds. The molecule has 1 aromatic rings. The van der Waals surface area contributed by atoms with E-state index in [9.17, 15) is 5.11 Å². The third-order valence-electron chi connectivity index (χ3n) is 7.39. The maximum Gasteiger partial charge on any atom is 0.0935 e. The summed E-state index contributed by atoms with van der Waals surface area (Å²) in [6, 6.07) is 1.97. The van der Waals surface area contributed by atoms with E-state index >= 15 is 0 Å². The summed E-state index contributed by atoms with van der Waals surface area (Å²) in [5.74, 6) is 0.909. The first-order valence-corrected chi connectivity index (χ1v) is 9.21. The van der Waals surface area contributed by atoms with Crippen LogP contribution >= 0.6 is 0 Å². The fourth-order valence-corrected chi connectivity index (χ4v) is 6.53. The molecule has 1 aromatic heterocycles. The van der Waals surface area contributed by atoms with E-state index in [0.717, 1.165) is 18.6 Å². The van der Waals surface area contributed by atoms with Crippen LogP contribution in [0.3, 0.4) is 0 Å². The van der Waals surface area contributed by atoms with Gasteiger partial charge in [0.25, 0.3) is 0 Å². The molecule has 1 spiro atoms. The van der Waals surface area contributed by atoms with Crippen molar-refractivity contribution in [1.29, 1.82) is 0 Å². The molecule has 128 valence electrons. The highest BCUT2D eigenvalue weighted by Crippen LogP contribution is 2.67. The summed E-state index contributed by atoms with van der Waals surface area (Å²) in [4.78, 5) is 0. The standard InChI is InChI=1S/C20H30O3/c1-18(2)7-4-8-20-13-23-19(3,9-5-16(18)20)17(20)15(21)11-14-6-10-22-12-14/h6,10,12,15-17,21H,4-5,7-9,11,13H2,1-3H3/t15-,16?,17-,19-,20+/m0/s1. The lowest BCUT2D eigenvalue weighted by Crippen LogP contribution is -2.58. The van der Waals surface area contributed by atoms with E-state index in [4.69, 9.17) is 9.15 Å². The van der Waals surface area contributed by atoms with Crippen molar-refractivity contribution in [1.82, 2.24) is 0 Å². The molecule has 2 bridgehead atoms. The molecule has 0 aromatic carbocycles. The minimum atomic E-state index is -0.350. The molecular weight excluding hydrogens is 288 g/mol. The molecule has 3 fully saturated rings. The van der Waals surface area contributed by atoms with Crippen LogP contribution in [0.4, 0.5) is 0 Å². The molecular formula is C20H30O3. The lowest BCUT2D eigenvalue weighted by molar-refractivity contribution is -0.124. The smallest absolute Gasteiger partial charge is 0.0935 e. The fraction of sp³-hybridized carbons (Fsp3) is 0.800. The monoisotopic (exact) mass is 318 g/mol. The first-order valence-electron chi connectivity index (χ1n) is 9.21. The molecule has 1 N–H and O–H groups in total. The maximum atomic E-state index is 11.2. The van der Waals surface area contributed by atoms with Crippen LogP contribution < -0.4 is 0 Å². The Hall–Kier alpha value is -0.800. The Balaban J connectivity index is 1.69. The van der Waals surface area contributed by atoms with Crippen molar-refractivity contribution in [3.63, 3.8) is 0 Å². The number of ether oxygens (including phenoxy) is 1. The second kappa shape index (κ2) is 5.10. The second-order valence-corrected chi connectivity index (χ2v) is 9.15. The predicted octanol–water partition coefficient (Wildman–Crippen LogP) is 4.19. The fourth-order valence-electron chi connectivity index (χ4n) is 6.53. The van der Waals surface area contributed by atoms with Crippen molar-refractivity contribution >= 4 is 0 Å². The van der Waals surface area contributed by atoms with Gasteiger partial charge in [-0.05, 0) is 55.6 Å². The van der Waals surface area contributed by atoms with E-state index < -0.39 is 0 Å². The van der Waals surface area contributed by atoms with Crippen molar-refractivity contribution < 1.29 is 14.3 Å². The van der Waals surface area contributed by atoms with Gasteiger partial charge in [0.15, 0.2) is 0 Å². The number of aliphatic hydroxyl groups is 1. The topological polar surface area (TPSA) is 42.6 Å². The predicted molar refractivity (Wildman–Crippen MR) is 89.1 cm³/mol. The van der Waals surface area contributed by atoms with Crippen molar-refractivity contribution in [2.24, 2.45) is 22.7 Å². The van der Waals surface area contributed by atoms with E-state index in [0.29, 0.717) is 17.8 Å². The van der Waals surface area contributed by atoms with Gasteiger partial charge in [0.05, 0.1) is 30.8 Å². The zero-order valence-corrected chi connectivity index (χ0v) is 14.7. The number of fused-ring (bicyclic) bond motifs is 1. The van der Waals surface area contributed by atoms with Crippen LogP contribution in [0.2, 0.25) is 0 Å². The van der Waals surface area contributed by atoms with E-state index in [1.165, 1.54) is 25.7 Å². The van der Waals surface area contributed by atoms with Crippen molar-refractivity contribution in [2.45, 2.75) is 71.0 Å². The van der Waals surface area contributed by atoms with E-state index in [-0.39, 0.29) is 23.0 Å². The Morgan fingerprint density at radius 2 is 2.09 bits per heavy atom. The summed E-state index contributed by atoms with van der Waals surface area (Å²) in [6.45, 7) is 7.94. The summed E-state index contributed by atoms with van der Waals surface area (Å²) >= 11 is 0. The van der Waals surface area contributed by atoms with Crippen molar-refractivity contribution in [2.75, 3.05) is 6.61 Å². The molecule has 3 aliphatic rings. The Morgan fingerprint density at radius 1 is 1.26 bits per heavy atom. The molecule has 23 heavy (non-hydrogen) atoms. The summed E-state index contributed by atoms with van der Waals surface area (Å²) in [6.07, 6.45) is 9.89. The number of aliphatic hydroxyl groups excluding tert-OH is 1. The Morgan fingerprint density at radius 3 is 2.83 bits per heavy atom. The van der Waals surface area contributed by atoms with Crippen LogP contribution in [0.25, 0.3) is 0 Å². The summed E-state index contributed by atoms with van der Waals surface area (Å²) in [5, 5.41) is 11.2. The van der Waals surface area contributed by atoms with Gasteiger partial charge in [-0.25, -0.2) is 0 Å². The molecule has 2 saturated carbocycles. The quantitative estimate of drug-likeness (QED) is 0.908. The number of rotatable bonds is 3. The summed E-state index contributed by atoms with van der Waals surface area (Å²) in [7, 11) is 0. The first kappa shape index (κ1) is 15.7. The summed E-state index contributed by atoms with van der Waals surface area (Å²) < 4.78 is 11.6. The molecule has 1 unspecified atom stereocenters. The van der Waals surface area contributed by atoms with E-state index in [1.807, 2.05) is 6.07 Å². The zero-order chi connectivity index (χ0) is 16.3. The molecule has 2 heterocycles. The molecule has 1 aliphatic heterocycles. The lowest BCUT2D eigenvalue weighted by atomic mass is 9.45. The third-order valence-corrected chi connectivity index (χ3v) is 7.39. The highest BCUT2D eigenvalue weighted by atomic mass is 16.5. The number of hydrogen-bond donors (Lipinski definition) is 1. The lowest BCUT2D eigenvalue weighted by Gasteiger charge is -2.58. The van der Waals surface area contributed by atoms with Gasteiger partial charge in [-0.3, -0.25) is 0 Å². The van der Waals surface area contributed by atoms with Gasteiger partial charge < -0.3 is 14.3 Å². The van der Waals surface area contributed by atoms with Gasteiger partial charge in [0, 0.05) is 17.8 Å². The van der Waals surface area contributed by atoms with Gasteiger partial charge in [-0.1, -0.05) is 20.3 Å². The molecule has 1 saturated heterocycles. The van der Waals surface area contributed by atoms with Crippen LogP contribution in [-0.4, -0.2) is 23.4 Å². The molecule has 2 aliphatic carbocycles. The molecule has 5 atom stereocenters. The van der Waals surface area contributed by atoms with Gasteiger partial charge in [-0.2, -0.15) is 0 Å². The Kier molecular flexibility index (Phi) is 3.48. The first-order chi connectivity index (χ1) is 10.9. The Labute approximate surface area is 139 Å². The van der Waals surface area contributed by atoms with Gasteiger partial charge in [0.1, 0.15) is 0 Å². The van der Waals surface area contributed by atoms with Gasteiger partial charge in [-0.15, -0.1) is 0 Å². The third kappa shape index (κ3) is 2.23. The molecule has 4 rings (SSSR count). The van der Waals surface area contributed by atoms with Crippen LogP contribution in [0.5, 0.6) is 0 Å². The molecule has 3 heteroatoms. The van der Waals surface area contributed by atoms with Gasteiger partial charge >= 0.3 is 0 Å². The average Bonchev–Trinajstić information content (AvgIpc) is 3.02. The molecule has 0 radical (unpaired) electrons. The second-order valence-electron chi connectivity index (χ2n) is 9.15. The van der Waals surface area contributed by atoms with Gasteiger partial charge in [0.2, 0.25) is 0 Å². The minimum absolute atomic E-state index is 0.160. The normalized spacial score (nSPS) is 43.1. The number of hydrogen-bond acceptors (Lipinski definition) is 3. The Bertz CT molecular complexity index is 563. The average molecular weight is 318 g/mol. The zero-order valence-electron chi connectivity index (χ0n) is 14.7. The van der Waals surface area contributed by atoms with Crippen LogP contribution in [-0.2, 0) is 11.2 Å². The summed E-state index contributed by atoms with van der Waals surface area (Å²) in [5.41, 5.74) is 1.46. The largest absolute Gasteiger partial charge is 0.472 e. The van der Waals surface area contributed by atoms with Crippen LogP contribution in [0.15, 0.2) is 23.0 Å². The van der Waals surface area contributed by atoms with Crippen molar-refractivity contribution in [3.8, 4) is 0 Å². The van der Waals surface area contributed by atoms with E-state index in [1.54, 1.807) is 12.5 Å². The van der Waals surface area contributed by atoms with Crippen LogP contribution in [0.1, 0.15) is 58.4 Å². The molecule has 3 nitrogen and oxygen atoms in total. The SMILES string of the molecule is CC1(C)CCC[C@@]23CO[C@@](C)(CCC12)[C@@H]3[C@@H](O)Cc1ccoc1. The minimum Gasteiger partial charge on any atom is -0.472 e. The van der Waals surface area contributed by atoms with E-state index in [2.05, 4.69) is 20.8 Å².